The van der Waals surface area contributed by atoms with Gasteiger partial charge in [-0.05, 0) is 25.3 Å². The van der Waals surface area contributed by atoms with E-state index in [9.17, 15) is 9.59 Å². The van der Waals surface area contributed by atoms with Gasteiger partial charge in [0.05, 0.1) is 0 Å². The molecule has 3 amide bonds. The zero-order valence-corrected chi connectivity index (χ0v) is 15.4. The number of nitrogens with two attached hydrogens (primary N) is 1. The minimum atomic E-state index is -0.433. The third-order valence-electron chi connectivity index (χ3n) is 4.05. The van der Waals surface area contributed by atoms with Gasteiger partial charge in [0.15, 0.2) is 6.54 Å². The second-order valence-corrected chi connectivity index (χ2v) is 6.46. The first-order valence-corrected chi connectivity index (χ1v) is 8.97. The zero-order valence-electron chi connectivity index (χ0n) is 15.4. The molecule has 0 aliphatic carbocycles. The normalized spacial score (nSPS) is 12.0. The fourth-order valence-electron chi connectivity index (χ4n) is 2.70. The van der Waals surface area contributed by atoms with Gasteiger partial charge in [0.25, 0.3) is 5.91 Å². The van der Waals surface area contributed by atoms with E-state index >= 15 is 0 Å². The van der Waals surface area contributed by atoms with Crippen molar-refractivity contribution in [3.05, 3.63) is 35.4 Å². The largest absolute Gasteiger partial charge is 0.338 e. The molecule has 1 atom stereocenters. The lowest BCUT2D eigenvalue weighted by Crippen LogP contribution is -2.88. The van der Waals surface area contributed by atoms with Crippen molar-refractivity contribution in [2.75, 3.05) is 13.1 Å². The molecule has 0 aromatic heterocycles. The topological polar surface area (TPSA) is 74.8 Å². The van der Waals surface area contributed by atoms with E-state index in [1.807, 2.05) is 12.2 Å². The minimum absolute atomic E-state index is 0.199. The van der Waals surface area contributed by atoms with Crippen LogP contribution in [-0.2, 0) is 11.2 Å². The van der Waals surface area contributed by atoms with E-state index in [1.54, 1.807) is 0 Å². The highest BCUT2D eigenvalue weighted by Crippen LogP contribution is 2.18. The number of unbranched alkanes of at least 4 members (excludes halogenated alkanes) is 1. The molecule has 0 heterocycles. The molecule has 0 saturated heterocycles. The summed E-state index contributed by atoms with van der Waals surface area (Å²) < 4.78 is 0. The lowest BCUT2D eigenvalue weighted by atomic mass is 9.94. The van der Waals surface area contributed by atoms with Crippen LogP contribution < -0.4 is 16.0 Å². The molecular weight excluding hydrogens is 302 g/mol. The summed E-state index contributed by atoms with van der Waals surface area (Å²) in [4.78, 5) is 23.2. The van der Waals surface area contributed by atoms with E-state index in [0.717, 1.165) is 6.42 Å². The zero-order chi connectivity index (χ0) is 17.9. The van der Waals surface area contributed by atoms with Crippen molar-refractivity contribution in [1.29, 1.82) is 0 Å². The standard InChI is InChI=1S/C19H31N3O2/c1-5-7-8-15-9-11-16(12-10-15)18(14(3)4)21-13-17(23)22-19(24)20-6-2/h9-12,14,18,21H,5-8,13H2,1-4H3,(H2,20,22,23,24)/p+1/t18-/m0/s1. The van der Waals surface area contributed by atoms with Crippen molar-refractivity contribution in [2.45, 2.75) is 53.0 Å². The Bertz CT molecular complexity index is 512. The SMILES string of the molecule is CCCCc1ccc([C@@H]([NH2+]CC(=O)NC(=O)NCC)C(C)C)cc1. The second-order valence-electron chi connectivity index (χ2n) is 6.46. The first-order valence-electron chi connectivity index (χ1n) is 8.97. The molecule has 0 saturated carbocycles. The molecule has 0 aliphatic rings. The Morgan fingerprint density at radius 1 is 1.12 bits per heavy atom. The molecule has 5 heteroatoms. The maximum atomic E-state index is 11.9. The molecule has 1 aromatic carbocycles. The quantitative estimate of drug-likeness (QED) is 0.647. The predicted octanol–water partition coefficient (Wildman–Crippen LogP) is 2.14. The lowest BCUT2D eigenvalue weighted by molar-refractivity contribution is -0.692. The number of rotatable bonds is 9. The van der Waals surface area contributed by atoms with Gasteiger partial charge in [0, 0.05) is 18.0 Å². The first-order chi connectivity index (χ1) is 11.5. The summed E-state index contributed by atoms with van der Waals surface area (Å²) in [6.45, 7) is 9.04. The van der Waals surface area contributed by atoms with Gasteiger partial charge >= 0.3 is 6.03 Å². The summed E-state index contributed by atoms with van der Waals surface area (Å²) >= 11 is 0. The van der Waals surface area contributed by atoms with Gasteiger partial charge in [-0.2, -0.15) is 0 Å². The summed E-state index contributed by atoms with van der Waals surface area (Å²) in [6.07, 6.45) is 3.52. The van der Waals surface area contributed by atoms with E-state index in [2.05, 4.69) is 55.7 Å². The lowest BCUT2D eigenvalue weighted by Gasteiger charge is -2.19. The Labute approximate surface area is 145 Å². The number of urea groups is 1. The number of imide groups is 1. The Morgan fingerprint density at radius 2 is 1.79 bits per heavy atom. The molecule has 0 fully saturated rings. The molecule has 0 spiro atoms. The molecule has 24 heavy (non-hydrogen) atoms. The van der Waals surface area contributed by atoms with Gasteiger partial charge in [-0.25, -0.2) is 4.79 Å². The monoisotopic (exact) mass is 334 g/mol. The molecule has 5 nitrogen and oxygen atoms in total. The molecule has 1 rings (SSSR count). The Kier molecular flexibility index (Phi) is 9.08. The summed E-state index contributed by atoms with van der Waals surface area (Å²) in [5.41, 5.74) is 2.58. The fourth-order valence-corrected chi connectivity index (χ4v) is 2.70. The number of quaternary nitrogens is 1. The first kappa shape index (κ1) is 20.2. The van der Waals surface area contributed by atoms with E-state index < -0.39 is 6.03 Å². The number of benzene rings is 1. The van der Waals surface area contributed by atoms with Crippen molar-refractivity contribution >= 4 is 11.9 Å². The predicted molar refractivity (Wildman–Crippen MR) is 96.6 cm³/mol. The fraction of sp³-hybridized carbons (Fsp3) is 0.579. The molecule has 1 aromatic rings. The van der Waals surface area contributed by atoms with Crippen LogP contribution in [0.3, 0.4) is 0 Å². The Morgan fingerprint density at radius 3 is 2.33 bits per heavy atom. The summed E-state index contributed by atoms with van der Waals surface area (Å²) in [5.74, 6) is 0.120. The number of carbonyl (C=O) groups excluding carboxylic acids is 2. The van der Waals surface area contributed by atoms with Gasteiger partial charge < -0.3 is 10.6 Å². The van der Waals surface area contributed by atoms with E-state index in [4.69, 9.17) is 0 Å². The van der Waals surface area contributed by atoms with Crippen molar-refractivity contribution < 1.29 is 14.9 Å². The van der Waals surface area contributed by atoms with Gasteiger partial charge in [-0.1, -0.05) is 51.5 Å². The molecule has 0 aliphatic heterocycles. The highest BCUT2D eigenvalue weighted by atomic mass is 16.2. The van der Waals surface area contributed by atoms with Gasteiger partial charge in [-0.15, -0.1) is 0 Å². The van der Waals surface area contributed by atoms with Crippen LogP contribution in [0.25, 0.3) is 0 Å². The van der Waals surface area contributed by atoms with Crippen LogP contribution in [0.1, 0.15) is 57.7 Å². The van der Waals surface area contributed by atoms with Crippen LogP contribution in [-0.4, -0.2) is 25.0 Å². The Balaban J connectivity index is 2.60. The molecule has 0 bridgehead atoms. The summed E-state index contributed by atoms with van der Waals surface area (Å²) in [5, 5.41) is 6.90. The van der Waals surface area contributed by atoms with Crippen LogP contribution in [0.5, 0.6) is 0 Å². The maximum absolute atomic E-state index is 11.9. The van der Waals surface area contributed by atoms with Crippen LogP contribution in [0.15, 0.2) is 24.3 Å². The highest BCUT2D eigenvalue weighted by molar-refractivity contribution is 5.94. The smallest absolute Gasteiger partial charge is 0.321 e. The molecular formula is C19H32N3O2+. The van der Waals surface area contributed by atoms with Crippen LogP contribution in [0, 0.1) is 5.92 Å². The van der Waals surface area contributed by atoms with Gasteiger partial charge in [0.1, 0.15) is 6.04 Å². The minimum Gasteiger partial charge on any atom is -0.338 e. The number of hydrogen-bond donors (Lipinski definition) is 3. The second kappa shape index (κ2) is 10.8. The number of hydrogen-bond acceptors (Lipinski definition) is 2. The Hall–Kier alpha value is -1.88. The van der Waals surface area contributed by atoms with Crippen LogP contribution in [0.4, 0.5) is 4.79 Å². The van der Waals surface area contributed by atoms with Crippen molar-refractivity contribution in [1.82, 2.24) is 10.6 Å². The van der Waals surface area contributed by atoms with E-state index in [0.29, 0.717) is 12.5 Å². The van der Waals surface area contributed by atoms with Crippen LogP contribution >= 0.6 is 0 Å². The third kappa shape index (κ3) is 7.13. The molecule has 4 N–H and O–H groups in total. The van der Waals surface area contributed by atoms with Crippen molar-refractivity contribution in [2.24, 2.45) is 5.92 Å². The molecule has 0 radical (unpaired) electrons. The van der Waals surface area contributed by atoms with Gasteiger partial charge in [-0.3, -0.25) is 10.1 Å². The number of nitrogens with one attached hydrogen (secondary N) is 2. The average molecular weight is 334 g/mol. The number of aryl methyl sites for hydroxylation is 1. The van der Waals surface area contributed by atoms with Gasteiger partial charge in [0.2, 0.25) is 0 Å². The van der Waals surface area contributed by atoms with Crippen molar-refractivity contribution in [3.63, 3.8) is 0 Å². The van der Waals surface area contributed by atoms with E-state index in [1.165, 1.54) is 24.0 Å². The average Bonchev–Trinajstić information content (AvgIpc) is 2.54. The molecule has 134 valence electrons. The van der Waals surface area contributed by atoms with E-state index in [-0.39, 0.29) is 18.5 Å². The maximum Gasteiger partial charge on any atom is 0.321 e. The third-order valence-corrected chi connectivity index (χ3v) is 4.05. The summed E-state index contributed by atoms with van der Waals surface area (Å²) in [6, 6.07) is 8.45. The highest BCUT2D eigenvalue weighted by Gasteiger charge is 2.21. The number of carbonyl (C=O) groups is 2. The molecule has 0 unspecified atom stereocenters. The summed E-state index contributed by atoms with van der Waals surface area (Å²) in [7, 11) is 0. The van der Waals surface area contributed by atoms with Crippen molar-refractivity contribution in [3.8, 4) is 0 Å². The van der Waals surface area contributed by atoms with Crippen LogP contribution in [0.2, 0.25) is 0 Å². The number of amides is 3.